The van der Waals surface area contributed by atoms with Gasteiger partial charge in [0.25, 0.3) is 0 Å². The predicted octanol–water partition coefficient (Wildman–Crippen LogP) is 2.96. The zero-order valence-corrected chi connectivity index (χ0v) is 15.4. The van der Waals surface area contributed by atoms with Gasteiger partial charge >= 0.3 is 5.97 Å². The maximum atomic E-state index is 12.2. The molecule has 0 unspecified atom stereocenters. The lowest BCUT2D eigenvalue weighted by Crippen LogP contribution is -2.57. The molecule has 7 nitrogen and oxygen atoms in total. The van der Waals surface area contributed by atoms with Crippen molar-refractivity contribution in [2.24, 2.45) is 17.3 Å². The Morgan fingerprint density at radius 1 is 1.42 bits per heavy atom. The van der Waals surface area contributed by atoms with E-state index in [2.05, 4.69) is 22.3 Å². The molecule has 2 bridgehead atoms. The van der Waals surface area contributed by atoms with Gasteiger partial charge in [0.1, 0.15) is 5.52 Å². The lowest BCUT2D eigenvalue weighted by molar-refractivity contribution is -0.155. The summed E-state index contributed by atoms with van der Waals surface area (Å²) in [5.74, 6) is -0.345. The average Bonchev–Trinajstić information content (AvgIpc) is 3.05. The fourth-order valence-electron chi connectivity index (χ4n) is 5.13. The van der Waals surface area contributed by atoms with Crippen molar-refractivity contribution < 1.29 is 15.0 Å². The van der Waals surface area contributed by atoms with E-state index >= 15 is 0 Å². The lowest BCUT2D eigenvalue weighted by atomic mass is 9.52. The predicted molar refractivity (Wildman–Crippen MR) is 97.1 cm³/mol. The number of hydrogen-bond donors (Lipinski definition) is 3. The number of carbonyl (C=O) groups is 1. The van der Waals surface area contributed by atoms with Crippen LogP contribution in [0.3, 0.4) is 0 Å². The van der Waals surface area contributed by atoms with Gasteiger partial charge in [0.05, 0.1) is 18.2 Å². The molecular weight excluding hydrogens is 356 g/mol. The highest BCUT2D eigenvalue weighted by molar-refractivity contribution is 6.28. The number of aliphatic hydroxyl groups is 1. The van der Waals surface area contributed by atoms with Crippen LogP contribution in [0.1, 0.15) is 44.7 Å². The molecule has 0 aromatic carbocycles. The van der Waals surface area contributed by atoms with Gasteiger partial charge in [0.15, 0.2) is 5.82 Å². The maximum absolute atomic E-state index is 12.2. The first-order valence-corrected chi connectivity index (χ1v) is 9.51. The Balaban J connectivity index is 1.75. The molecule has 8 heteroatoms. The summed E-state index contributed by atoms with van der Waals surface area (Å²) in [6.07, 6.45) is 4.89. The molecule has 0 aliphatic heterocycles. The van der Waals surface area contributed by atoms with Crippen LogP contribution in [-0.4, -0.2) is 36.8 Å². The third kappa shape index (κ3) is 2.56. The summed E-state index contributed by atoms with van der Waals surface area (Å²) in [6.45, 7) is 1.93. The molecule has 0 radical (unpaired) electrons. The van der Waals surface area contributed by atoms with Gasteiger partial charge in [0.2, 0.25) is 5.28 Å². The Morgan fingerprint density at radius 2 is 2.15 bits per heavy atom. The standard InChI is InChI=1S/C18H23ClN4O3/c1-2-18-7-5-10(6-8-18)14(13(18)16(25)26)20-15-12-4-3-11(9-24)23(12)22-17(19)21-15/h3-4,10,13-14,24H,2,5-9H2,1H3,(H,25,26)(H,20,21,22)/t10?,13-,14-,18?/m0/s1. The number of carboxylic acid groups (broad SMARTS) is 1. The number of nitrogens with zero attached hydrogens (tertiary/aromatic N) is 3. The maximum Gasteiger partial charge on any atom is 0.309 e. The van der Waals surface area contributed by atoms with Crippen LogP contribution in [0, 0.1) is 17.3 Å². The van der Waals surface area contributed by atoms with Gasteiger partial charge in [-0.1, -0.05) is 6.92 Å². The van der Waals surface area contributed by atoms with E-state index in [1.54, 1.807) is 10.6 Å². The van der Waals surface area contributed by atoms with Crippen LogP contribution in [0.2, 0.25) is 5.28 Å². The Morgan fingerprint density at radius 3 is 2.77 bits per heavy atom. The van der Waals surface area contributed by atoms with Gasteiger partial charge in [-0.05, 0) is 67.2 Å². The van der Waals surface area contributed by atoms with Crippen LogP contribution < -0.4 is 5.32 Å². The number of aliphatic hydroxyl groups excluding tert-OH is 1. The molecule has 3 fully saturated rings. The van der Waals surface area contributed by atoms with Gasteiger partial charge < -0.3 is 15.5 Å². The molecule has 140 valence electrons. The summed E-state index contributed by atoms with van der Waals surface area (Å²) in [6, 6.07) is 3.40. The number of halogens is 1. The average molecular weight is 379 g/mol. The Bertz CT molecular complexity index is 844. The van der Waals surface area contributed by atoms with E-state index in [1.807, 2.05) is 6.07 Å². The first kappa shape index (κ1) is 17.5. The van der Waals surface area contributed by atoms with Gasteiger partial charge in [-0.3, -0.25) is 4.79 Å². The fraction of sp³-hybridized carbons (Fsp3) is 0.611. The molecule has 5 rings (SSSR count). The Hall–Kier alpha value is -1.86. The zero-order valence-electron chi connectivity index (χ0n) is 14.7. The number of hydrogen-bond acceptors (Lipinski definition) is 5. The van der Waals surface area contributed by atoms with Gasteiger partial charge in [-0.15, -0.1) is 5.10 Å². The number of rotatable bonds is 5. The topological polar surface area (TPSA) is 99.8 Å². The Labute approximate surface area is 156 Å². The molecule has 3 aliphatic rings. The van der Waals surface area contributed by atoms with E-state index in [4.69, 9.17) is 11.6 Å². The van der Waals surface area contributed by atoms with Gasteiger partial charge in [-0.2, -0.15) is 4.98 Å². The minimum atomic E-state index is -0.739. The SMILES string of the molecule is CCC12CCC(CC1)[C@H](Nc1nc(Cl)nn3c(CO)ccc13)[C@H]2C(=O)O. The van der Waals surface area contributed by atoms with E-state index in [-0.39, 0.29) is 23.3 Å². The summed E-state index contributed by atoms with van der Waals surface area (Å²) in [5.41, 5.74) is 1.15. The molecule has 0 amide bonds. The molecule has 2 atom stereocenters. The Kier molecular flexibility index (Phi) is 4.31. The summed E-state index contributed by atoms with van der Waals surface area (Å²) in [4.78, 5) is 16.5. The minimum Gasteiger partial charge on any atom is -0.481 e. The molecule has 26 heavy (non-hydrogen) atoms. The highest BCUT2D eigenvalue weighted by atomic mass is 35.5. The molecule has 2 heterocycles. The van der Waals surface area contributed by atoms with E-state index in [0.717, 1.165) is 32.1 Å². The van der Waals surface area contributed by atoms with E-state index < -0.39 is 11.9 Å². The van der Waals surface area contributed by atoms with E-state index in [9.17, 15) is 15.0 Å². The molecule has 3 N–H and O–H groups in total. The first-order chi connectivity index (χ1) is 12.5. The second kappa shape index (κ2) is 6.39. The monoisotopic (exact) mass is 378 g/mol. The van der Waals surface area contributed by atoms with Crippen LogP contribution in [0.15, 0.2) is 12.1 Å². The third-order valence-electron chi connectivity index (χ3n) is 6.55. The number of aliphatic carboxylic acids is 1. The molecule has 2 aromatic rings. The fourth-order valence-corrected chi connectivity index (χ4v) is 5.30. The smallest absolute Gasteiger partial charge is 0.309 e. The summed E-state index contributed by atoms with van der Waals surface area (Å²) < 4.78 is 1.56. The van der Waals surface area contributed by atoms with Crippen molar-refractivity contribution in [2.45, 2.75) is 51.7 Å². The van der Waals surface area contributed by atoms with Crippen LogP contribution in [0.5, 0.6) is 0 Å². The van der Waals surface area contributed by atoms with Crippen molar-refractivity contribution in [3.63, 3.8) is 0 Å². The normalized spacial score (nSPS) is 30.7. The summed E-state index contributed by atoms with van der Waals surface area (Å²) in [7, 11) is 0. The third-order valence-corrected chi connectivity index (χ3v) is 6.71. The zero-order chi connectivity index (χ0) is 18.5. The van der Waals surface area contributed by atoms with Crippen molar-refractivity contribution in [2.75, 3.05) is 5.32 Å². The molecule has 0 saturated heterocycles. The van der Waals surface area contributed by atoms with Crippen molar-refractivity contribution >= 4 is 28.9 Å². The number of fused-ring (bicyclic) bond motifs is 4. The number of anilines is 1. The lowest BCUT2D eigenvalue weighted by Gasteiger charge is -2.55. The number of aromatic nitrogens is 3. The van der Waals surface area contributed by atoms with Crippen molar-refractivity contribution in [3.8, 4) is 0 Å². The molecule has 3 saturated carbocycles. The van der Waals surface area contributed by atoms with Crippen LogP contribution in [0.4, 0.5) is 5.82 Å². The highest BCUT2D eigenvalue weighted by Gasteiger charge is 2.55. The quantitative estimate of drug-likeness (QED) is 0.739. The van der Waals surface area contributed by atoms with Crippen LogP contribution in [0.25, 0.3) is 5.52 Å². The summed E-state index contributed by atoms with van der Waals surface area (Å²) in [5, 5.41) is 27.1. The molecule has 2 aromatic heterocycles. The second-order valence-electron chi connectivity index (χ2n) is 7.55. The van der Waals surface area contributed by atoms with Crippen LogP contribution in [-0.2, 0) is 11.4 Å². The summed E-state index contributed by atoms with van der Waals surface area (Å²) >= 11 is 6.08. The molecule has 0 spiro atoms. The van der Waals surface area contributed by atoms with Crippen molar-refractivity contribution in [1.29, 1.82) is 0 Å². The van der Waals surface area contributed by atoms with Crippen molar-refractivity contribution in [1.82, 2.24) is 14.6 Å². The van der Waals surface area contributed by atoms with E-state index in [1.165, 1.54) is 0 Å². The number of carboxylic acids is 1. The molecular formula is C18H23ClN4O3. The van der Waals surface area contributed by atoms with Crippen LogP contribution >= 0.6 is 11.6 Å². The van der Waals surface area contributed by atoms with Gasteiger partial charge in [0, 0.05) is 6.04 Å². The van der Waals surface area contributed by atoms with E-state index in [0.29, 0.717) is 22.9 Å². The second-order valence-corrected chi connectivity index (χ2v) is 7.89. The van der Waals surface area contributed by atoms with Crippen molar-refractivity contribution in [3.05, 3.63) is 23.1 Å². The van der Waals surface area contributed by atoms with Gasteiger partial charge in [-0.25, -0.2) is 4.52 Å². The largest absolute Gasteiger partial charge is 0.481 e. The highest BCUT2D eigenvalue weighted by Crippen LogP contribution is 2.56. The molecule has 3 aliphatic carbocycles. The minimum absolute atomic E-state index is 0.0592. The first-order valence-electron chi connectivity index (χ1n) is 9.13. The number of nitrogens with one attached hydrogen (secondary N) is 1.